The van der Waals surface area contributed by atoms with Crippen molar-refractivity contribution < 1.29 is 23.7 Å². The maximum atomic E-state index is 12.2. The van der Waals surface area contributed by atoms with Gasteiger partial charge in [-0.05, 0) is 24.3 Å². The second-order valence-electron chi connectivity index (χ2n) is 6.02. The average molecular weight is 392 g/mol. The van der Waals surface area contributed by atoms with Crippen LogP contribution in [0.15, 0.2) is 48.8 Å². The van der Waals surface area contributed by atoms with Crippen LogP contribution >= 0.6 is 0 Å². The van der Waals surface area contributed by atoms with E-state index >= 15 is 0 Å². The summed E-state index contributed by atoms with van der Waals surface area (Å²) in [6, 6.07) is 11.1. The topological polar surface area (TPSA) is 82.2 Å². The Bertz CT molecular complexity index is 1110. The van der Waals surface area contributed by atoms with E-state index in [1.54, 1.807) is 24.4 Å². The molecule has 1 aromatic carbocycles. The summed E-state index contributed by atoms with van der Waals surface area (Å²) in [6.07, 6.45) is 6.49. The van der Waals surface area contributed by atoms with Crippen molar-refractivity contribution in [2.45, 2.75) is 6.61 Å². The lowest BCUT2D eigenvalue weighted by atomic mass is 10.1. The van der Waals surface area contributed by atoms with Crippen LogP contribution < -0.4 is 14.2 Å². The highest BCUT2D eigenvalue weighted by Gasteiger charge is 2.13. The average Bonchev–Trinajstić information content (AvgIpc) is 3.12. The number of hydrogen-bond donors (Lipinski definition) is 0. The van der Waals surface area contributed by atoms with E-state index in [-0.39, 0.29) is 6.61 Å². The Labute approximate surface area is 168 Å². The number of methoxy groups -OCH3 is 3. The number of nitriles is 1. The molecule has 2 aromatic heterocycles. The molecule has 0 aliphatic rings. The normalized spacial score (nSPS) is 10.7. The Hall–Kier alpha value is -3.92. The number of benzene rings is 1. The molecule has 0 aliphatic carbocycles. The van der Waals surface area contributed by atoms with Crippen LogP contribution in [0.5, 0.6) is 17.2 Å². The summed E-state index contributed by atoms with van der Waals surface area (Å²) in [4.78, 5) is 12.2. The Morgan fingerprint density at radius 3 is 2.52 bits per heavy atom. The van der Waals surface area contributed by atoms with Gasteiger partial charge in [-0.25, -0.2) is 4.79 Å². The minimum absolute atomic E-state index is 0.00316. The molecular weight excluding hydrogens is 372 g/mol. The molecule has 3 rings (SSSR count). The van der Waals surface area contributed by atoms with E-state index in [9.17, 15) is 10.1 Å². The SMILES string of the molecule is COc1cc(OC)c(OC)cc1/C=C/C(=O)OCc1cn2ccccc2c1C#N. The lowest BCUT2D eigenvalue weighted by Crippen LogP contribution is -2.01. The summed E-state index contributed by atoms with van der Waals surface area (Å²) < 4.78 is 23.0. The third-order valence-corrected chi connectivity index (χ3v) is 4.38. The van der Waals surface area contributed by atoms with E-state index in [0.717, 1.165) is 5.52 Å². The van der Waals surface area contributed by atoms with Crippen LogP contribution in [0.25, 0.3) is 11.6 Å². The molecule has 0 saturated carbocycles. The van der Waals surface area contributed by atoms with Crippen molar-refractivity contribution in [3.63, 3.8) is 0 Å². The molecule has 0 amide bonds. The molecule has 3 aromatic rings. The van der Waals surface area contributed by atoms with Crippen molar-refractivity contribution in [2.75, 3.05) is 21.3 Å². The predicted molar refractivity (Wildman–Crippen MR) is 107 cm³/mol. The van der Waals surface area contributed by atoms with Crippen LogP contribution in [-0.4, -0.2) is 31.7 Å². The van der Waals surface area contributed by atoms with Crippen molar-refractivity contribution in [2.24, 2.45) is 0 Å². The number of aromatic nitrogens is 1. The number of carbonyl (C=O) groups is 1. The number of hydrogen-bond acceptors (Lipinski definition) is 6. The molecule has 0 unspecified atom stereocenters. The van der Waals surface area contributed by atoms with E-state index in [4.69, 9.17) is 18.9 Å². The van der Waals surface area contributed by atoms with Crippen LogP contribution in [0.4, 0.5) is 0 Å². The van der Waals surface area contributed by atoms with Crippen molar-refractivity contribution in [3.05, 3.63) is 65.5 Å². The Morgan fingerprint density at radius 2 is 1.83 bits per heavy atom. The summed E-state index contributed by atoms with van der Waals surface area (Å²) in [5, 5.41) is 9.42. The van der Waals surface area contributed by atoms with Crippen molar-refractivity contribution in [1.82, 2.24) is 4.40 Å². The first-order valence-electron chi connectivity index (χ1n) is 8.74. The quantitative estimate of drug-likeness (QED) is 0.451. The highest BCUT2D eigenvalue weighted by atomic mass is 16.5. The fourth-order valence-corrected chi connectivity index (χ4v) is 2.95. The predicted octanol–water partition coefficient (Wildman–Crippen LogP) is 3.59. The largest absolute Gasteiger partial charge is 0.496 e. The van der Waals surface area contributed by atoms with E-state index in [2.05, 4.69) is 6.07 Å². The second kappa shape index (κ2) is 8.85. The van der Waals surface area contributed by atoms with Crippen molar-refractivity contribution >= 4 is 17.6 Å². The second-order valence-corrected chi connectivity index (χ2v) is 6.02. The van der Waals surface area contributed by atoms with Crippen LogP contribution in [0, 0.1) is 11.3 Å². The summed E-state index contributed by atoms with van der Waals surface area (Å²) in [5.74, 6) is 1.02. The number of nitrogens with zero attached hydrogens (tertiary/aromatic N) is 2. The fourth-order valence-electron chi connectivity index (χ4n) is 2.95. The molecule has 7 nitrogen and oxygen atoms in total. The molecule has 0 atom stereocenters. The minimum atomic E-state index is -0.541. The molecule has 0 bridgehead atoms. The zero-order chi connectivity index (χ0) is 20.8. The van der Waals surface area contributed by atoms with Gasteiger partial charge < -0.3 is 23.3 Å². The van der Waals surface area contributed by atoms with E-state index in [1.807, 2.05) is 28.8 Å². The number of carbonyl (C=O) groups excluding carboxylic acids is 1. The maximum Gasteiger partial charge on any atom is 0.331 e. The molecule has 148 valence electrons. The molecule has 0 spiro atoms. The first kappa shape index (κ1) is 19.8. The molecule has 2 heterocycles. The van der Waals surface area contributed by atoms with Gasteiger partial charge in [0.05, 0.1) is 32.4 Å². The molecule has 0 N–H and O–H groups in total. The third kappa shape index (κ3) is 4.17. The summed E-state index contributed by atoms with van der Waals surface area (Å²) in [7, 11) is 4.59. The Balaban J connectivity index is 1.75. The molecule has 0 fully saturated rings. The Kier molecular flexibility index (Phi) is 6.05. The molecule has 0 radical (unpaired) electrons. The van der Waals surface area contributed by atoms with Gasteiger partial charge in [-0.2, -0.15) is 5.26 Å². The molecule has 7 heteroatoms. The number of rotatable bonds is 7. The maximum absolute atomic E-state index is 12.2. The van der Waals surface area contributed by atoms with Gasteiger partial charge in [0.15, 0.2) is 11.5 Å². The number of esters is 1. The summed E-state index contributed by atoms with van der Waals surface area (Å²) in [5.41, 5.74) is 2.54. The number of ether oxygens (including phenoxy) is 4. The van der Waals surface area contributed by atoms with E-state index < -0.39 is 5.97 Å². The first-order valence-corrected chi connectivity index (χ1v) is 8.74. The van der Waals surface area contributed by atoms with Crippen LogP contribution in [-0.2, 0) is 16.1 Å². The van der Waals surface area contributed by atoms with E-state index in [1.165, 1.54) is 27.4 Å². The number of fused-ring (bicyclic) bond motifs is 1. The molecular formula is C22H20N2O5. The molecule has 0 aliphatic heterocycles. The lowest BCUT2D eigenvalue weighted by molar-refractivity contribution is -0.138. The lowest BCUT2D eigenvalue weighted by Gasteiger charge is -2.12. The van der Waals surface area contributed by atoms with Gasteiger partial charge in [-0.1, -0.05) is 6.07 Å². The first-order chi connectivity index (χ1) is 14.1. The summed E-state index contributed by atoms with van der Waals surface area (Å²) >= 11 is 0. The van der Waals surface area contributed by atoms with Gasteiger partial charge in [-0.15, -0.1) is 0 Å². The van der Waals surface area contributed by atoms with Gasteiger partial charge in [0.2, 0.25) is 0 Å². The van der Waals surface area contributed by atoms with Gasteiger partial charge in [0.1, 0.15) is 18.4 Å². The zero-order valence-corrected chi connectivity index (χ0v) is 16.3. The van der Waals surface area contributed by atoms with Crippen LogP contribution in [0.1, 0.15) is 16.7 Å². The third-order valence-electron chi connectivity index (χ3n) is 4.38. The zero-order valence-electron chi connectivity index (χ0n) is 16.3. The van der Waals surface area contributed by atoms with Crippen LogP contribution in [0.3, 0.4) is 0 Å². The Morgan fingerprint density at radius 1 is 1.10 bits per heavy atom. The minimum Gasteiger partial charge on any atom is -0.496 e. The van der Waals surface area contributed by atoms with Crippen molar-refractivity contribution in [1.29, 1.82) is 5.26 Å². The molecule has 0 saturated heterocycles. The summed E-state index contributed by atoms with van der Waals surface area (Å²) in [6.45, 7) is -0.00316. The van der Waals surface area contributed by atoms with Gasteiger partial charge in [0, 0.05) is 35.7 Å². The van der Waals surface area contributed by atoms with Crippen LogP contribution in [0.2, 0.25) is 0 Å². The highest BCUT2D eigenvalue weighted by Crippen LogP contribution is 2.35. The highest BCUT2D eigenvalue weighted by molar-refractivity contribution is 5.88. The van der Waals surface area contributed by atoms with Gasteiger partial charge >= 0.3 is 5.97 Å². The van der Waals surface area contributed by atoms with Gasteiger partial charge in [-0.3, -0.25) is 0 Å². The fraction of sp³-hybridized carbons (Fsp3) is 0.182. The van der Waals surface area contributed by atoms with Gasteiger partial charge in [0.25, 0.3) is 0 Å². The van der Waals surface area contributed by atoms with Crippen molar-refractivity contribution in [3.8, 4) is 23.3 Å². The molecule has 29 heavy (non-hydrogen) atoms. The monoisotopic (exact) mass is 392 g/mol. The standard InChI is InChI=1S/C22H20N2O5/c1-26-19-11-21(28-3)20(27-2)10-15(19)7-8-22(25)29-14-16-13-24-9-5-4-6-18(24)17(16)12-23/h4-11,13H,14H2,1-3H3/b8-7+. The smallest absolute Gasteiger partial charge is 0.331 e. The number of pyridine rings is 1. The van der Waals surface area contributed by atoms with E-state index in [0.29, 0.717) is 33.9 Å².